The van der Waals surface area contributed by atoms with Crippen LogP contribution in [0.5, 0.6) is 0 Å². The number of carbonyl (C=O) groups is 4. The third-order valence-electron chi connectivity index (χ3n) is 13.0. The van der Waals surface area contributed by atoms with E-state index in [9.17, 15) is 22.8 Å². The van der Waals surface area contributed by atoms with Crippen molar-refractivity contribution in [2.75, 3.05) is 13.6 Å². The second-order valence-electron chi connectivity index (χ2n) is 16.7. The topological polar surface area (TPSA) is 145 Å². The molecule has 3 heterocycles. The van der Waals surface area contributed by atoms with Gasteiger partial charge in [-0.1, -0.05) is 62.8 Å². The third-order valence-corrected chi connectivity index (χ3v) is 14.8. The summed E-state index contributed by atoms with van der Waals surface area (Å²) in [5.74, 6) is -1.84. The fourth-order valence-corrected chi connectivity index (χ4v) is 10.7. The Morgan fingerprint density at radius 3 is 2.38 bits per heavy atom. The van der Waals surface area contributed by atoms with Crippen LogP contribution in [-0.2, 0) is 48.7 Å². The Labute approximate surface area is 314 Å². The van der Waals surface area contributed by atoms with Crippen LogP contribution in [0.25, 0.3) is 0 Å². The van der Waals surface area contributed by atoms with Crippen molar-refractivity contribution in [2.45, 2.75) is 151 Å². The van der Waals surface area contributed by atoms with Gasteiger partial charge in [0.05, 0.1) is 17.8 Å². The summed E-state index contributed by atoms with van der Waals surface area (Å²) in [6.45, 7) is 6.96. The van der Waals surface area contributed by atoms with E-state index in [-0.39, 0.29) is 37.3 Å². The van der Waals surface area contributed by atoms with Crippen molar-refractivity contribution in [2.24, 2.45) is 11.8 Å². The van der Waals surface area contributed by atoms with Gasteiger partial charge in [-0.2, -0.15) is 0 Å². The molecule has 3 aliphatic carbocycles. The normalized spacial score (nSPS) is 31.9. The average Bonchev–Trinajstić information content (AvgIpc) is 4.03. The molecule has 0 spiro atoms. The maximum atomic E-state index is 15.0. The highest BCUT2D eigenvalue weighted by Crippen LogP contribution is 2.46. The largest absolute Gasteiger partial charge is 0.444 e. The molecule has 12 nitrogen and oxygen atoms in total. The second kappa shape index (κ2) is 15.4. The minimum Gasteiger partial charge on any atom is -0.444 e. The van der Waals surface area contributed by atoms with Crippen LogP contribution in [0.1, 0.15) is 114 Å². The zero-order chi connectivity index (χ0) is 37.5. The molecule has 1 aromatic rings. The van der Waals surface area contributed by atoms with E-state index in [1.54, 1.807) is 15.9 Å². The van der Waals surface area contributed by atoms with E-state index in [2.05, 4.69) is 46.6 Å². The maximum absolute atomic E-state index is 15.0. The lowest BCUT2D eigenvalue weighted by Crippen LogP contribution is -2.59. The fourth-order valence-electron chi connectivity index (χ4n) is 9.38. The number of nitrogens with zero attached hydrogens (tertiary/aromatic N) is 3. The summed E-state index contributed by atoms with van der Waals surface area (Å²) < 4.78 is 33.8. The summed E-state index contributed by atoms with van der Waals surface area (Å²) in [7, 11) is -1.83. The van der Waals surface area contributed by atoms with E-state index < -0.39 is 62.8 Å². The molecule has 4 amide bonds. The number of aryl methyl sites for hydroxylation is 1. The van der Waals surface area contributed by atoms with Gasteiger partial charge in [0.1, 0.15) is 17.7 Å². The van der Waals surface area contributed by atoms with E-state index >= 15 is 4.79 Å². The number of nitrogens with one attached hydrogen (secondary N) is 2. The van der Waals surface area contributed by atoms with Crippen molar-refractivity contribution in [1.29, 1.82) is 0 Å². The Balaban J connectivity index is 1.17. The molecule has 53 heavy (non-hydrogen) atoms. The van der Waals surface area contributed by atoms with E-state index in [1.807, 2.05) is 7.05 Å². The molecule has 0 unspecified atom stereocenters. The number of hydrogen-bond acceptors (Lipinski definition) is 8. The molecule has 1 saturated heterocycles. The predicted octanol–water partition coefficient (Wildman–Crippen LogP) is 4.55. The van der Waals surface area contributed by atoms with Gasteiger partial charge < -0.3 is 15.0 Å². The Kier molecular flexibility index (Phi) is 11.0. The minimum atomic E-state index is -3.86. The first kappa shape index (κ1) is 37.8. The summed E-state index contributed by atoms with van der Waals surface area (Å²) in [5, 5.41) is 2.29. The third kappa shape index (κ3) is 7.88. The highest BCUT2D eigenvalue weighted by Gasteiger charge is 2.62. The van der Waals surface area contributed by atoms with Crippen LogP contribution in [0.15, 0.2) is 30.9 Å². The standard InChI is InChI=1S/C40H57N5O7S/c1-4-30-22-40(30,38(48)42-53(50,51)32-19-20-32)41-36(46)34-21-31-24-45(34)37(47)35(28-15-10-7-11-16-28)43(3)26(2)13-8-5-6-9-14-27-17-12-18-29-23-44(25-33(27)29)39(49)52-31/h4,12,17-18,26,28,30-32,34-35H,1,5-11,13-16,19-25H2,2-3H3,(H,41,46)(H,42,48)/t26-,30-,31-,34+,35+,40-/m1/s1. The van der Waals surface area contributed by atoms with Gasteiger partial charge in [-0.05, 0) is 87.9 Å². The van der Waals surface area contributed by atoms with Crippen LogP contribution in [0, 0.1) is 11.8 Å². The molecule has 290 valence electrons. The Morgan fingerprint density at radius 2 is 1.66 bits per heavy atom. The first-order valence-corrected chi connectivity index (χ1v) is 21.5. The van der Waals surface area contributed by atoms with Crippen molar-refractivity contribution < 1.29 is 32.3 Å². The molecular weight excluding hydrogens is 695 g/mol. The first-order valence-electron chi connectivity index (χ1n) is 20.0. The van der Waals surface area contributed by atoms with E-state index in [4.69, 9.17) is 4.74 Å². The van der Waals surface area contributed by atoms with Crippen molar-refractivity contribution >= 4 is 33.8 Å². The van der Waals surface area contributed by atoms with Crippen LogP contribution < -0.4 is 10.0 Å². The summed E-state index contributed by atoms with van der Waals surface area (Å²) >= 11 is 0. The lowest BCUT2D eigenvalue weighted by atomic mass is 9.82. The molecule has 6 aliphatic rings. The van der Waals surface area contributed by atoms with Gasteiger partial charge in [-0.3, -0.25) is 28.9 Å². The Hall–Kier alpha value is -3.45. The van der Waals surface area contributed by atoms with Crippen molar-refractivity contribution in [3.63, 3.8) is 0 Å². The maximum Gasteiger partial charge on any atom is 0.410 e. The molecule has 4 fully saturated rings. The fraction of sp³-hybridized carbons (Fsp3) is 0.700. The molecule has 6 atom stereocenters. The van der Waals surface area contributed by atoms with Crippen LogP contribution >= 0.6 is 0 Å². The van der Waals surface area contributed by atoms with Gasteiger partial charge in [0.2, 0.25) is 21.8 Å². The predicted molar refractivity (Wildman–Crippen MR) is 200 cm³/mol. The molecule has 7 rings (SSSR count). The van der Waals surface area contributed by atoms with Gasteiger partial charge in [-0.25, -0.2) is 13.2 Å². The molecule has 13 heteroatoms. The van der Waals surface area contributed by atoms with Gasteiger partial charge in [-0.15, -0.1) is 6.58 Å². The number of sulfonamides is 1. The number of amides is 4. The van der Waals surface area contributed by atoms with E-state index in [0.717, 1.165) is 76.2 Å². The van der Waals surface area contributed by atoms with Gasteiger partial charge in [0.25, 0.3) is 5.91 Å². The Morgan fingerprint density at radius 1 is 0.962 bits per heavy atom. The molecule has 1 aromatic carbocycles. The molecule has 4 bridgehead atoms. The minimum absolute atomic E-state index is 0.0558. The summed E-state index contributed by atoms with van der Waals surface area (Å²) in [6.07, 6.45) is 13.0. The summed E-state index contributed by atoms with van der Waals surface area (Å²) in [4.78, 5) is 62.2. The van der Waals surface area contributed by atoms with Crippen LogP contribution in [0.3, 0.4) is 0 Å². The number of likely N-dealkylation sites (N-methyl/N-ethyl adjacent to an activating group) is 1. The lowest BCUT2D eigenvalue weighted by Gasteiger charge is -2.41. The zero-order valence-corrected chi connectivity index (χ0v) is 32.2. The number of benzene rings is 1. The van der Waals surface area contributed by atoms with E-state index in [0.29, 0.717) is 25.9 Å². The van der Waals surface area contributed by atoms with Crippen LogP contribution in [0.2, 0.25) is 0 Å². The van der Waals surface area contributed by atoms with Crippen molar-refractivity contribution in [3.05, 3.63) is 47.5 Å². The quantitative estimate of drug-likeness (QED) is 0.386. The van der Waals surface area contributed by atoms with Crippen molar-refractivity contribution in [3.8, 4) is 0 Å². The molecule has 3 aliphatic heterocycles. The molecular formula is C40H57N5O7S. The SMILES string of the molecule is C=C[C@@H]1C[C@]1(NC(=O)[C@@H]1C[C@@H]2CN1C(=O)[C@H](C1CCCCC1)N(C)[C@H](C)CCCCCCc1cccc3c1CN(C3)C(=O)O2)C(=O)NS(=O)(=O)C1CC1. The number of fused-ring (bicyclic) bond motifs is 3. The smallest absolute Gasteiger partial charge is 0.410 e. The number of ether oxygens (including phenoxy) is 1. The van der Waals surface area contributed by atoms with E-state index in [1.165, 1.54) is 11.1 Å². The zero-order valence-electron chi connectivity index (χ0n) is 31.4. The van der Waals surface area contributed by atoms with Gasteiger partial charge in [0, 0.05) is 31.5 Å². The van der Waals surface area contributed by atoms with Crippen molar-refractivity contribution in [1.82, 2.24) is 24.7 Å². The second-order valence-corrected chi connectivity index (χ2v) is 18.6. The van der Waals surface area contributed by atoms with Gasteiger partial charge in [0.15, 0.2) is 0 Å². The monoisotopic (exact) mass is 751 g/mol. The Bertz CT molecular complexity index is 1710. The molecule has 0 radical (unpaired) electrons. The molecule has 3 saturated carbocycles. The summed E-state index contributed by atoms with van der Waals surface area (Å²) in [5.41, 5.74) is 2.09. The number of carbonyl (C=O) groups excluding carboxylic acids is 4. The van der Waals surface area contributed by atoms with Crippen LogP contribution in [0.4, 0.5) is 4.79 Å². The first-order chi connectivity index (χ1) is 25.4. The number of rotatable bonds is 7. The summed E-state index contributed by atoms with van der Waals surface area (Å²) in [6, 6.07) is 4.95. The average molecular weight is 752 g/mol. The lowest BCUT2D eigenvalue weighted by molar-refractivity contribution is -0.146. The highest BCUT2D eigenvalue weighted by molar-refractivity contribution is 7.91. The molecule has 0 aromatic heterocycles. The van der Waals surface area contributed by atoms with Gasteiger partial charge >= 0.3 is 6.09 Å². The van der Waals surface area contributed by atoms with Crippen LogP contribution in [-0.4, -0.2) is 95.5 Å². The molecule has 2 N–H and O–H groups in total. The number of hydrogen-bond donors (Lipinski definition) is 2. The highest BCUT2D eigenvalue weighted by atomic mass is 32.2.